The summed E-state index contributed by atoms with van der Waals surface area (Å²) in [5, 5.41) is 11.3. The summed E-state index contributed by atoms with van der Waals surface area (Å²) in [6, 6.07) is 0.810. The summed E-state index contributed by atoms with van der Waals surface area (Å²) in [6.07, 6.45) is 4.14. The highest BCUT2D eigenvalue weighted by Gasteiger charge is 2.26. The molecule has 2 aliphatic rings. The maximum atomic E-state index is 12.4. The van der Waals surface area contributed by atoms with Crippen molar-refractivity contribution in [3.05, 3.63) is 11.9 Å². The van der Waals surface area contributed by atoms with Crippen LogP contribution in [0.1, 0.15) is 29.4 Å². The first-order valence-corrected chi connectivity index (χ1v) is 7.23. The number of nitrogens with zero attached hydrogens (tertiary/aromatic N) is 5. The fraction of sp³-hybridized carbons (Fsp3) is 0.769. The number of carbonyl (C=O) groups is 1. The molecule has 0 aromatic carbocycles. The van der Waals surface area contributed by atoms with E-state index in [0.717, 1.165) is 32.6 Å². The van der Waals surface area contributed by atoms with Crippen LogP contribution in [0.5, 0.6) is 0 Å². The van der Waals surface area contributed by atoms with Gasteiger partial charge in [0, 0.05) is 32.7 Å². The summed E-state index contributed by atoms with van der Waals surface area (Å²) < 4.78 is 1.79. The maximum Gasteiger partial charge on any atom is 0.275 e. The number of hydrogen-bond donors (Lipinski definition) is 1. The first-order valence-electron chi connectivity index (χ1n) is 7.23. The number of likely N-dealkylation sites (N-methyl/N-ethyl adjacent to an activating group) is 2. The van der Waals surface area contributed by atoms with E-state index in [9.17, 15) is 4.79 Å². The highest BCUT2D eigenvalue weighted by molar-refractivity contribution is 5.91. The average Bonchev–Trinajstić information content (AvgIpc) is 2.97. The molecule has 0 spiro atoms. The van der Waals surface area contributed by atoms with Crippen molar-refractivity contribution in [2.24, 2.45) is 0 Å². The van der Waals surface area contributed by atoms with Crippen LogP contribution in [0.25, 0.3) is 0 Å². The Morgan fingerprint density at radius 1 is 1.55 bits per heavy atom. The standard InChI is InChI=1S/C13H22N6O/c1-17-5-3-4-10(17)8-18(2)13(20)12-9-19(16-15-12)11-6-14-7-11/h9-11,14H,3-8H2,1-2H3. The number of rotatable bonds is 4. The zero-order valence-electron chi connectivity index (χ0n) is 12.1. The summed E-state index contributed by atoms with van der Waals surface area (Å²) in [4.78, 5) is 16.4. The molecule has 20 heavy (non-hydrogen) atoms. The smallest absolute Gasteiger partial charge is 0.275 e. The van der Waals surface area contributed by atoms with E-state index in [1.807, 2.05) is 7.05 Å². The normalized spacial score (nSPS) is 23.8. The van der Waals surface area contributed by atoms with Crippen LogP contribution in [0.15, 0.2) is 6.20 Å². The van der Waals surface area contributed by atoms with Crippen molar-refractivity contribution in [3.63, 3.8) is 0 Å². The monoisotopic (exact) mass is 278 g/mol. The summed E-state index contributed by atoms with van der Waals surface area (Å²) in [7, 11) is 3.97. The Balaban J connectivity index is 1.60. The fourth-order valence-electron chi connectivity index (χ4n) is 2.82. The van der Waals surface area contributed by atoms with Gasteiger partial charge in [0.2, 0.25) is 0 Å². The molecule has 7 nitrogen and oxygen atoms in total. The van der Waals surface area contributed by atoms with Crippen molar-refractivity contribution in [3.8, 4) is 0 Å². The van der Waals surface area contributed by atoms with Gasteiger partial charge in [-0.2, -0.15) is 0 Å². The molecular weight excluding hydrogens is 256 g/mol. The third-order valence-corrected chi connectivity index (χ3v) is 4.37. The molecule has 1 amide bonds. The summed E-state index contributed by atoms with van der Waals surface area (Å²) in [5.41, 5.74) is 0.444. The molecule has 0 aliphatic carbocycles. The number of aromatic nitrogens is 3. The van der Waals surface area contributed by atoms with E-state index in [1.54, 1.807) is 15.8 Å². The summed E-state index contributed by atoms with van der Waals surface area (Å²) in [6.45, 7) is 3.68. The van der Waals surface area contributed by atoms with E-state index in [0.29, 0.717) is 17.8 Å². The lowest BCUT2D eigenvalue weighted by Crippen LogP contribution is -2.43. The van der Waals surface area contributed by atoms with Crippen LogP contribution in [-0.4, -0.2) is 77.0 Å². The van der Waals surface area contributed by atoms with Gasteiger partial charge in [-0.25, -0.2) is 4.68 Å². The SMILES string of the molecule is CN(CC1CCCN1C)C(=O)c1cn(C2CNC2)nn1. The third kappa shape index (κ3) is 2.55. The van der Waals surface area contributed by atoms with Crippen molar-refractivity contribution in [1.29, 1.82) is 0 Å². The lowest BCUT2D eigenvalue weighted by molar-refractivity contribution is 0.0755. The van der Waals surface area contributed by atoms with Crippen LogP contribution in [0.2, 0.25) is 0 Å². The third-order valence-electron chi connectivity index (χ3n) is 4.37. The van der Waals surface area contributed by atoms with Gasteiger partial charge in [0.15, 0.2) is 5.69 Å². The van der Waals surface area contributed by atoms with Gasteiger partial charge in [-0.3, -0.25) is 4.79 Å². The molecule has 1 aromatic heterocycles. The van der Waals surface area contributed by atoms with Crippen molar-refractivity contribution in [1.82, 2.24) is 30.1 Å². The van der Waals surface area contributed by atoms with Gasteiger partial charge in [-0.05, 0) is 26.4 Å². The first kappa shape index (κ1) is 13.5. The van der Waals surface area contributed by atoms with Gasteiger partial charge in [-0.1, -0.05) is 5.21 Å². The Morgan fingerprint density at radius 3 is 2.95 bits per heavy atom. The molecule has 1 aromatic rings. The van der Waals surface area contributed by atoms with Crippen LogP contribution < -0.4 is 5.32 Å². The summed E-state index contributed by atoms with van der Waals surface area (Å²) >= 11 is 0. The van der Waals surface area contributed by atoms with Gasteiger partial charge in [-0.15, -0.1) is 5.10 Å². The molecule has 0 bridgehead atoms. The lowest BCUT2D eigenvalue weighted by Gasteiger charge is -2.26. The lowest BCUT2D eigenvalue weighted by atomic mass is 10.2. The molecule has 2 aliphatic heterocycles. The van der Waals surface area contributed by atoms with Crippen molar-refractivity contribution < 1.29 is 4.79 Å². The van der Waals surface area contributed by atoms with Crippen molar-refractivity contribution >= 4 is 5.91 Å². The zero-order valence-corrected chi connectivity index (χ0v) is 12.1. The van der Waals surface area contributed by atoms with E-state index in [-0.39, 0.29) is 5.91 Å². The second-order valence-electron chi connectivity index (χ2n) is 5.86. The number of likely N-dealkylation sites (tertiary alicyclic amines) is 1. The van der Waals surface area contributed by atoms with E-state index in [1.165, 1.54) is 6.42 Å². The predicted molar refractivity (Wildman–Crippen MR) is 74.5 cm³/mol. The molecule has 2 fully saturated rings. The summed E-state index contributed by atoms with van der Waals surface area (Å²) in [5.74, 6) is -0.0381. The minimum Gasteiger partial charge on any atom is -0.339 e. The van der Waals surface area contributed by atoms with E-state index in [2.05, 4.69) is 27.6 Å². The number of hydrogen-bond acceptors (Lipinski definition) is 5. The van der Waals surface area contributed by atoms with Crippen LogP contribution in [0.3, 0.4) is 0 Å². The Morgan fingerprint density at radius 2 is 2.35 bits per heavy atom. The Hall–Kier alpha value is -1.47. The largest absolute Gasteiger partial charge is 0.339 e. The Labute approximate surface area is 118 Å². The number of amides is 1. The zero-order chi connectivity index (χ0) is 14.1. The van der Waals surface area contributed by atoms with Crippen LogP contribution >= 0.6 is 0 Å². The first-order chi connectivity index (χ1) is 9.65. The van der Waals surface area contributed by atoms with Crippen LogP contribution in [0.4, 0.5) is 0 Å². The highest BCUT2D eigenvalue weighted by Crippen LogP contribution is 2.16. The quantitative estimate of drug-likeness (QED) is 0.811. The molecule has 0 saturated carbocycles. The molecule has 3 rings (SSSR count). The van der Waals surface area contributed by atoms with Gasteiger partial charge < -0.3 is 15.1 Å². The van der Waals surface area contributed by atoms with Crippen molar-refractivity contribution in [2.45, 2.75) is 24.9 Å². The molecule has 0 radical (unpaired) electrons. The second kappa shape index (κ2) is 5.49. The van der Waals surface area contributed by atoms with Crippen molar-refractivity contribution in [2.75, 3.05) is 40.3 Å². The van der Waals surface area contributed by atoms with Crippen LogP contribution in [0, 0.1) is 0 Å². The van der Waals surface area contributed by atoms with Gasteiger partial charge >= 0.3 is 0 Å². The van der Waals surface area contributed by atoms with Gasteiger partial charge in [0.1, 0.15) is 0 Å². The topological polar surface area (TPSA) is 66.3 Å². The maximum absolute atomic E-state index is 12.4. The number of nitrogens with one attached hydrogen (secondary N) is 1. The Kier molecular flexibility index (Phi) is 3.71. The Bertz CT molecular complexity index is 483. The van der Waals surface area contributed by atoms with Gasteiger partial charge in [0.05, 0.1) is 12.2 Å². The van der Waals surface area contributed by atoms with E-state index < -0.39 is 0 Å². The minimum atomic E-state index is -0.0381. The molecule has 7 heteroatoms. The predicted octanol–water partition coefficient (Wildman–Crippen LogP) is -0.411. The fourth-order valence-corrected chi connectivity index (χ4v) is 2.82. The average molecular weight is 278 g/mol. The van der Waals surface area contributed by atoms with E-state index in [4.69, 9.17) is 0 Å². The molecule has 3 heterocycles. The number of carbonyl (C=O) groups excluding carboxylic acids is 1. The van der Waals surface area contributed by atoms with E-state index >= 15 is 0 Å². The van der Waals surface area contributed by atoms with Crippen LogP contribution in [-0.2, 0) is 0 Å². The molecule has 110 valence electrons. The van der Waals surface area contributed by atoms with Gasteiger partial charge in [0.25, 0.3) is 5.91 Å². The molecule has 1 atom stereocenters. The highest BCUT2D eigenvalue weighted by atomic mass is 16.2. The second-order valence-corrected chi connectivity index (χ2v) is 5.86. The molecule has 2 saturated heterocycles. The minimum absolute atomic E-state index is 0.0381. The molecular formula is C13H22N6O. The molecule has 1 unspecified atom stereocenters. The molecule has 1 N–H and O–H groups in total.